The van der Waals surface area contributed by atoms with Crippen molar-refractivity contribution in [3.8, 4) is 0 Å². The Morgan fingerprint density at radius 3 is 3.07 bits per heavy atom. The summed E-state index contributed by atoms with van der Waals surface area (Å²) in [6.07, 6.45) is 5.22. The van der Waals surface area contributed by atoms with Crippen LogP contribution in [-0.4, -0.2) is 23.5 Å². The van der Waals surface area contributed by atoms with Gasteiger partial charge in [0.25, 0.3) is 0 Å². The Bertz CT molecular complexity index is 263. The van der Waals surface area contributed by atoms with Crippen LogP contribution in [0, 0.1) is 6.92 Å². The molecule has 1 aromatic heterocycles. The molecule has 2 nitrogen and oxygen atoms in total. The quantitative estimate of drug-likeness (QED) is 0.729. The van der Waals surface area contributed by atoms with Crippen molar-refractivity contribution in [1.82, 2.24) is 10.3 Å². The summed E-state index contributed by atoms with van der Waals surface area (Å²) in [6, 6.07) is 4.12. The van der Waals surface area contributed by atoms with E-state index >= 15 is 0 Å². The van der Waals surface area contributed by atoms with Gasteiger partial charge in [0.15, 0.2) is 0 Å². The van der Waals surface area contributed by atoms with E-state index in [-0.39, 0.29) is 0 Å². The molecule has 0 atom stereocenters. The largest absolute Gasteiger partial charge is 0.313 e. The fourth-order valence-corrected chi connectivity index (χ4v) is 1.70. The molecule has 0 saturated carbocycles. The Hall–Kier alpha value is -0.540. The summed E-state index contributed by atoms with van der Waals surface area (Å²) in [6.45, 7) is 4.09. The highest BCUT2D eigenvalue weighted by Gasteiger charge is 1.96. The molecule has 0 amide bonds. The maximum Gasteiger partial charge on any atom is 0.0417 e. The van der Waals surface area contributed by atoms with E-state index in [4.69, 9.17) is 0 Å². The number of nitrogens with zero attached hydrogens (tertiary/aromatic N) is 1. The first-order valence-corrected chi connectivity index (χ1v) is 6.34. The molecular formula is C11H18N2S. The van der Waals surface area contributed by atoms with Crippen LogP contribution in [0.2, 0.25) is 0 Å². The number of rotatable bonds is 6. The summed E-state index contributed by atoms with van der Waals surface area (Å²) in [5.74, 6) is 1.24. The average molecular weight is 210 g/mol. The third kappa shape index (κ3) is 4.11. The summed E-state index contributed by atoms with van der Waals surface area (Å²) in [7, 11) is 0. The molecule has 1 aromatic rings. The van der Waals surface area contributed by atoms with Crippen molar-refractivity contribution in [3.63, 3.8) is 0 Å². The van der Waals surface area contributed by atoms with E-state index in [2.05, 4.69) is 29.5 Å². The zero-order chi connectivity index (χ0) is 10.2. The summed E-state index contributed by atoms with van der Waals surface area (Å²) >= 11 is 1.90. The first kappa shape index (κ1) is 11.5. The van der Waals surface area contributed by atoms with Crippen LogP contribution < -0.4 is 5.32 Å². The van der Waals surface area contributed by atoms with Crippen LogP contribution in [0.1, 0.15) is 17.7 Å². The first-order chi connectivity index (χ1) is 6.84. The minimum atomic E-state index is 0.939. The second kappa shape index (κ2) is 6.85. The van der Waals surface area contributed by atoms with Gasteiger partial charge >= 0.3 is 0 Å². The minimum absolute atomic E-state index is 0.939. The van der Waals surface area contributed by atoms with Gasteiger partial charge in [-0.1, -0.05) is 6.07 Å². The van der Waals surface area contributed by atoms with Crippen molar-refractivity contribution in [3.05, 3.63) is 29.6 Å². The molecule has 1 heterocycles. The predicted octanol–water partition coefficient (Wildman–Crippen LogP) is 2.23. The number of hydrogen-bond donors (Lipinski definition) is 1. The van der Waals surface area contributed by atoms with Gasteiger partial charge in [-0.2, -0.15) is 11.8 Å². The summed E-state index contributed by atoms with van der Waals surface area (Å²) in [5.41, 5.74) is 2.43. The monoisotopic (exact) mass is 210 g/mol. The fraction of sp³-hybridized carbons (Fsp3) is 0.545. The summed E-state index contributed by atoms with van der Waals surface area (Å²) in [4.78, 5) is 4.25. The van der Waals surface area contributed by atoms with Crippen LogP contribution in [0.5, 0.6) is 0 Å². The lowest BCUT2D eigenvalue weighted by Crippen LogP contribution is -2.16. The van der Waals surface area contributed by atoms with Gasteiger partial charge in [0.2, 0.25) is 0 Å². The third-order valence-corrected chi connectivity index (χ3v) is 2.83. The molecule has 0 unspecified atom stereocenters. The maximum absolute atomic E-state index is 4.25. The lowest BCUT2D eigenvalue weighted by Gasteiger charge is -2.06. The van der Waals surface area contributed by atoms with Crippen LogP contribution in [0.4, 0.5) is 0 Å². The number of aryl methyl sites for hydroxylation is 1. The topological polar surface area (TPSA) is 24.9 Å². The molecule has 0 aliphatic rings. The van der Waals surface area contributed by atoms with Gasteiger partial charge in [-0.25, -0.2) is 0 Å². The van der Waals surface area contributed by atoms with Crippen molar-refractivity contribution < 1.29 is 0 Å². The normalized spacial score (nSPS) is 10.4. The Morgan fingerprint density at radius 1 is 1.50 bits per heavy atom. The maximum atomic E-state index is 4.25. The van der Waals surface area contributed by atoms with Crippen LogP contribution in [0.15, 0.2) is 18.3 Å². The van der Waals surface area contributed by atoms with E-state index in [0.717, 1.165) is 18.8 Å². The molecule has 14 heavy (non-hydrogen) atoms. The summed E-state index contributed by atoms with van der Waals surface area (Å²) in [5, 5.41) is 3.42. The number of thioether (sulfide) groups is 1. The fourth-order valence-electron chi connectivity index (χ4n) is 1.27. The van der Waals surface area contributed by atoms with Crippen LogP contribution in [0.25, 0.3) is 0 Å². The molecule has 0 radical (unpaired) electrons. The Labute approximate surface area is 90.5 Å². The van der Waals surface area contributed by atoms with Gasteiger partial charge in [-0.05, 0) is 43.5 Å². The van der Waals surface area contributed by atoms with E-state index in [1.807, 2.05) is 24.0 Å². The van der Waals surface area contributed by atoms with Gasteiger partial charge in [0.05, 0.1) is 0 Å². The lowest BCUT2D eigenvalue weighted by molar-refractivity contribution is 0.674. The number of hydrogen-bond acceptors (Lipinski definition) is 3. The van der Waals surface area contributed by atoms with E-state index in [9.17, 15) is 0 Å². The van der Waals surface area contributed by atoms with E-state index in [1.54, 1.807) is 0 Å². The molecule has 0 bridgehead atoms. The zero-order valence-corrected chi connectivity index (χ0v) is 9.73. The van der Waals surface area contributed by atoms with Gasteiger partial charge in [0.1, 0.15) is 0 Å². The molecule has 0 aliphatic carbocycles. The van der Waals surface area contributed by atoms with E-state index in [1.165, 1.54) is 17.7 Å². The first-order valence-electron chi connectivity index (χ1n) is 4.94. The Morgan fingerprint density at radius 2 is 2.36 bits per heavy atom. The zero-order valence-electron chi connectivity index (χ0n) is 8.92. The molecule has 78 valence electrons. The third-order valence-electron chi connectivity index (χ3n) is 2.13. The standard InChI is InChI=1S/C11H18N2S/c1-10-11(5-3-7-13-10)9-12-6-4-8-14-2/h3,5,7,12H,4,6,8-9H2,1-2H3. The van der Waals surface area contributed by atoms with Gasteiger partial charge in [-0.3, -0.25) is 4.98 Å². The second-order valence-electron chi connectivity index (χ2n) is 3.27. The molecule has 0 fully saturated rings. The lowest BCUT2D eigenvalue weighted by atomic mass is 10.2. The van der Waals surface area contributed by atoms with Crippen molar-refractivity contribution >= 4 is 11.8 Å². The highest BCUT2D eigenvalue weighted by Crippen LogP contribution is 2.02. The van der Waals surface area contributed by atoms with Gasteiger partial charge in [-0.15, -0.1) is 0 Å². The van der Waals surface area contributed by atoms with Gasteiger partial charge in [0, 0.05) is 18.4 Å². The summed E-state index contributed by atoms with van der Waals surface area (Å²) < 4.78 is 0. The van der Waals surface area contributed by atoms with E-state index < -0.39 is 0 Å². The molecule has 3 heteroatoms. The minimum Gasteiger partial charge on any atom is -0.313 e. The van der Waals surface area contributed by atoms with Crippen LogP contribution in [0.3, 0.4) is 0 Å². The van der Waals surface area contributed by atoms with E-state index in [0.29, 0.717) is 0 Å². The number of aromatic nitrogens is 1. The SMILES string of the molecule is CSCCCNCc1cccnc1C. The Kier molecular flexibility index (Phi) is 5.64. The smallest absolute Gasteiger partial charge is 0.0417 e. The average Bonchev–Trinajstić information content (AvgIpc) is 2.20. The highest BCUT2D eigenvalue weighted by atomic mass is 32.2. The number of nitrogens with one attached hydrogen (secondary N) is 1. The molecule has 0 aromatic carbocycles. The molecule has 1 rings (SSSR count). The van der Waals surface area contributed by atoms with Crippen molar-refractivity contribution in [2.45, 2.75) is 19.9 Å². The van der Waals surface area contributed by atoms with Crippen LogP contribution >= 0.6 is 11.8 Å². The van der Waals surface area contributed by atoms with Crippen molar-refractivity contribution in [2.24, 2.45) is 0 Å². The molecular weight excluding hydrogens is 192 g/mol. The Balaban J connectivity index is 2.21. The molecule has 0 aliphatic heterocycles. The molecule has 0 spiro atoms. The second-order valence-corrected chi connectivity index (χ2v) is 4.26. The predicted molar refractivity (Wildman–Crippen MR) is 63.7 cm³/mol. The van der Waals surface area contributed by atoms with Crippen molar-refractivity contribution in [2.75, 3.05) is 18.6 Å². The molecule has 1 N–H and O–H groups in total. The highest BCUT2D eigenvalue weighted by molar-refractivity contribution is 7.98. The van der Waals surface area contributed by atoms with Crippen LogP contribution in [-0.2, 0) is 6.54 Å². The van der Waals surface area contributed by atoms with Gasteiger partial charge < -0.3 is 5.32 Å². The van der Waals surface area contributed by atoms with Crippen molar-refractivity contribution in [1.29, 1.82) is 0 Å². The number of pyridine rings is 1. The molecule has 0 saturated heterocycles.